The quantitative estimate of drug-likeness (QED) is 0.492. The van der Waals surface area contributed by atoms with Crippen LogP contribution in [0.15, 0.2) is 22.2 Å². The van der Waals surface area contributed by atoms with Crippen molar-refractivity contribution in [1.82, 2.24) is 9.72 Å². The molecule has 0 N–H and O–H groups in total. The van der Waals surface area contributed by atoms with Crippen molar-refractivity contribution < 1.29 is 14.1 Å². The Morgan fingerprint density at radius 2 is 2.18 bits per heavy atom. The first kappa shape index (κ1) is 15.6. The maximum Gasteiger partial charge on any atom is 0.348 e. The lowest BCUT2D eigenvalue weighted by atomic mass is 10.1. The highest BCUT2D eigenvalue weighted by molar-refractivity contribution is 5.98. The molecule has 0 atom stereocenters. The highest BCUT2D eigenvalue weighted by atomic mass is 16.5. The minimum atomic E-state index is -0.618. The Labute approximate surface area is 128 Å². The minimum Gasteiger partial charge on any atom is -0.462 e. The minimum absolute atomic E-state index is 0.0292. The molecule has 0 saturated carbocycles. The van der Waals surface area contributed by atoms with E-state index in [4.69, 9.17) is 14.5 Å². The fourth-order valence-electron chi connectivity index (χ4n) is 2.25. The van der Waals surface area contributed by atoms with Crippen LogP contribution in [0.3, 0.4) is 0 Å². The summed E-state index contributed by atoms with van der Waals surface area (Å²) in [6.45, 7) is 7.56. The van der Waals surface area contributed by atoms with Crippen LogP contribution in [0.1, 0.15) is 29.6 Å². The van der Waals surface area contributed by atoms with E-state index < -0.39 is 5.97 Å². The lowest BCUT2D eigenvalue weighted by molar-refractivity contribution is -0.137. The van der Waals surface area contributed by atoms with Crippen LogP contribution >= 0.6 is 0 Å². The van der Waals surface area contributed by atoms with E-state index in [0.717, 1.165) is 17.0 Å². The number of hydrogen-bond acceptors (Lipinski definition) is 5. The predicted octanol–water partition coefficient (Wildman–Crippen LogP) is 2.86. The van der Waals surface area contributed by atoms with E-state index in [-0.39, 0.29) is 12.2 Å². The number of nitrogens with zero attached hydrogens (tertiary/aromatic N) is 3. The van der Waals surface area contributed by atoms with Crippen LogP contribution in [0.2, 0.25) is 0 Å². The number of ether oxygens (including phenoxy) is 1. The molecule has 2 heterocycles. The Hall–Kier alpha value is -2.81. The van der Waals surface area contributed by atoms with Gasteiger partial charge in [0.2, 0.25) is 0 Å². The zero-order chi connectivity index (χ0) is 16.3. The molecule has 6 nitrogen and oxygen atoms in total. The molecule has 0 amide bonds. The third kappa shape index (κ3) is 2.93. The topological polar surface area (TPSA) is 81.0 Å². The highest BCUT2D eigenvalue weighted by Gasteiger charge is 2.15. The van der Waals surface area contributed by atoms with Gasteiger partial charge in [0.25, 0.3) is 0 Å². The number of aromatic nitrogens is 2. The van der Waals surface area contributed by atoms with Gasteiger partial charge in [-0.25, -0.2) is 4.79 Å². The molecule has 0 aliphatic rings. The lowest BCUT2D eigenvalue weighted by Crippen LogP contribution is -2.06. The van der Waals surface area contributed by atoms with E-state index in [9.17, 15) is 4.79 Å². The summed E-state index contributed by atoms with van der Waals surface area (Å²) in [7, 11) is 0. The lowest BCUT2D eigenvalue weighted by Gasteiger charge is -2.04. The summed E-state index contributed by atoms with van der Waals surface area (Å²) in [4.78, 5) is 11.7. The molecular formula is C16H17N3O3. The number of rotatable bonds is 4. The third-order valence-corrected chi connectivity index (χ3v) is 3.23. The third-order valence-electron chi connectivity index (χ3n) is 3.23. The van der Waals surface area contributed by atoms with Crippen LogP contribution in [0, 0.1) is 32.1 Å². The predicted molar refractivity (Wildman–Crippen MR) is 80.3 cm³/mol. The molecular weight excluding hydrogens is 282 g/mol. The number of nitriles is 1. The second-order valence-electron chi connectivity index (χ2n) is 4.85. The molecule has 6 heteroatoms. The van der Waals surface area contributed by atoms with Gasteiger partial charge in [-0.3, -0.25) is 4.57 Å². The van der Waals surface area contributed by atoms with E-state index in [2.05, 4.69) is 5.16 Å². The van der Waals surface area contributed by atoms with Crippen LogP contribution in [0.4, 0.5) is 0 Å². The molecule has 0 aliphatic heterocycles. The van der Waals surface area contributed by atoms with Crippen molar-refractivity contribution in [3.8, 4) is 11.9 Å². The van der Waals surface area contributed by atoms with Crippen molar-refractivity contribution in [1.29, 1.82) is 5.26 Å². The average molecular weight is 299 g/mol. The van der Waals surface area contributed by atoms with Gasteiger partial charge in [0.15, 0.2) is 5.82 Å². The fraction of sp³-hybridized carbons (Fsp3) is 0.312. The fourth-order valence-corrected chi connectivity index (χ4v) is 2.25. The highest BCUT2D eigenvalue weighted by Crippen LogP contribution is 2.22. The van der Waals surface area contributed by atoms with Crippen LogP contribution in [0.25, 0.3) is 11.9 Å². The Morgan fingerprint density at radius 1 is 1.45 bits per heavy atom. The van der Waals surface area contributed by atoms with Gasteiger partial charge in [-0.15, -0.1) is 0 Å². The molecule has 2 aromatic rings. The van der Waals surface area contributed by atoms with Crippen molar-refractivity contribution in [2.24, 2.45) is 0 Å². The maximum atomic E-state index is 11.7. The SMILES string of the molecule is CCOC(=O)/C(C#N)=C/c1cc(C)n(-c2cc(C)on2)c1C. The molecule has 0 saturated heterocycles. The van der Waals surface area contributed by atoms with Crippen molar-refractivity contribution in [3.63, 3.8) is 0 Å². The second kappa shape index (κ2) is 6.31. The first-order chi connectivity index (χ1) is 10.5. The van der Waals surface area contributed by atoms with Crippen LogP contribution in [0.5, 0.6) is 0 Å². The largest absolute Gasteiger partial charge is 0.462 e. The van der Waals surface area contributed by atoms with Gasteiger partial charge < -0.3 is 9.26 Å². The summed E-state index contributed by atoms with van der Waals surface area (Å²) in [6.07, 6.45) is 1.53. The van der Waals surface area contributed by atoms with Crippen LogP contribution in [-0.4, -0.2) is 22.3 Å². The molecule has 0 unspecified atom stereocenters. The summed E-state index contributed by atoms with van der Waals surface area (Å²) in [5.74, 6) is 0.762. The Bertz CT molecular complexity index is 775. The number of hydrogen-bond donors (Lipinski definition) is 0. The standard InChI is InChI=1S/C16H17N3O3/c1-5-21-16(20)14(9-17)8-13-6-10(2)19(12(13)4)15-7-11(3)22-18-15/h6-8H,5H2,1-4H3/b14-8+. The summed E-state index contributed by atoms with van der Waals surface area (Å²) in [5, 5.41) is 13.1. The van der Waals surface area contributed by atoms with E-state index in [1.807, 2.05) is 43.5 Å². The molecule has 2 rings (SSSR count). The molecule has 0 aliphatic carbocycles. The number of carbonyl (C=O) groups is 1. The van der Waals surface area contributed by atoms with Gasteiger partial charge in [0.05, 0.1) is 6.61 Å². The first-order valence-electron chi connectivity index (χ1n) is 6.89. The van der Waals surface area contributed by atoms with Gasteiger partial charge in [-0.05, 0) is 45.4 Å². The van der Waals surface area contributed by atoms with Gasteiger partial charge in [0.1, 0.15) is 17.4 Å². The summed E-state index contributed by atoms with van der Waals surface area (Å²) < 4.78 is 11.9. The molecule has 0 spiro atoms. The zero-order valence-corrected chi connectivity index (χ0v) is 13.0. The Kier molecular flexibility index (Phi) is 4.47. The van der Waals surface area contributed by atoms with Crippen LogP contribution < -0.4 is 0 Å². The smallest absolute Gasteiger partial charge is 0.348 e. The number of aryl methyl sites for hydroxylation is 2. The van der Waals surface area contributed by atoms with Gasteiger partial charge in [-0.2, -0.15) is 5.26 Å². The molecule has 0 bridgehead atoms. The number of esters is 1. The summed E-state index contributed by atoms with van der Waals surface area (Å²) in [6, 6.07) is 5.59. The van der Waals surface area contributed by atoms with Crippen molar-refractivity contribution in [3.05, 3.63) is 40.4 Å². The van der Waals surface area contributed by atoms with Crippen molar-refractivity contribution in [2.45, 2.75) is 27.7 Å². The monoisotopic (exact) mass is 299 g/mol. The summed E-state index contributed by atoms with van der Waals surface area (Å²) in [5.41, 5.74) is 2.53. The van der Waals surface area contributed by atoms with Crippen molar-refractivity contribution in [2.75, 3.05) is 6.61 Å². The molecule has 114 valence electrons. The van der Waals surface area contributed by atoms with E-state index in [1.165, 1.54) is 6.08 Å². The zero-order valence-electron chi connectivity index (χ0n) is 13.0. The number of carbonyl (C=O) groups excluding carboxylic acids is 1. The molecule has 22 heavy (non-hydrogen) atoms. The normalized spacial score (nSPS) is 11.3. The van der Waals surface area contributed by atoms with E-state index >= 15 is 0 Å². The molecule has 0 aromatic carbocycles. The maximum absolute atomic E-state index is 11.7. The molecule has 0 fully saturated rings. The molecule has 0 radical (unpaired) electrons. The average Bonchev–Trinajstić information content (AvgIpc) is 3.00. The van der Waals surface area contributed by atoms with E-state index in [1.54, 1.807) is 6.92 Å². The van der Waals surface area contributed by atoms with Gasteiger partial charge in [-0.1, -0.05) is 5.16 Å². The molecule has 2 aromatic heterocycles. The Balaban J connectivity index is 2.46. The van der Waals surface area contributed by atoms with Crippen LogP contribution in [-0.2, 0) is 9.53 Å². The summed E-state index contributed by atoms with van der Waals surface area (Å²) >= 11 is 0. The second-order valence-corrected chi connectivity index (χ2v) is 4.85. The van der Waals surface area contributed by atoms with Crippen molar-refractivity contribution >= 4 is 12.0 Å². The van der Waals surface area contributed by atoms with Gasteiger partial charge >= 0.3 is 5.97 Å². The van der Waals surface area contributed by atoms with E-state index in [0.29, 0.717) is 11.6 Å². The first-order valence-corrected chi connectivity index (χ1v) is 6.89. The van der Waals surface area contributed by atoms with Gasteiger partial charge in [0, 0.05) is 17.5 Å². The Morgan fingerprint density at radius 3 is 2.73 bits per heavy atom.